The van der Waals surface area contributed by atoms with E-state index in [0.717, 1.165) is 0 Å². The smallest absolute Gasteiger partial charge is 0.266 e. The van der Waals surface area contributed by atoms with Gasteiger partial charge in [-0.15, -0.1) is 0 Å². The second-order valence-corrected chi connectivity index (χ2v) is 2.29. The topological polar surface area (TPSA) is 32.7 Å². The highest BCUT2D eigenvalue weighted by Gasteiger charge is 2.25. The van der Waals surface area contributed by atoms with E-state index in [9.17, 15) is 4.79 Å². The summed E-state index contributed by atoms with van der Waals surface area (Å²) >= 11 is 0. The van der Waals surface area contributed by atoms with Crippen molar-refractivity contribution >= 4 is 11.7 Å². The normalized spacial score (nSPS) is 18.0. The molecule has 3 heteroatoms. The summed E-state index contributed by atoms with van der Waals surface area (Å²) in [4.78, 5) is 16.6. The molecule has 0 N–H and O–H groups in total. The Labute approximate surface area is 77.8 Å². The van der Waals surface area contributed by atoms with E-state index >= 15 is 0 Å². The van der Waals surface area contributed by atoms with Gasteiger partial charge in [-0.3, -0.25) is 9.69 Å². The molecule has 0 bridgehead atoms. The Morgan fingerprint density at radius 3 is 2.69 bits per heavy atom. The first-order chi connectivity index (χ1) is 6.29. The summed E-state index contributed by atoms with van der Waals surface area (Å²) in [6, 6.07) is 0. The van der Waals surface area contributed by atoms with Crippen LogP contribution in [-0.4, -0.2) is 16.6 Å². The predicted octanol–water partition coefficient (Wildman–Crippen LogP) is 1.85. The van der Waals surface area contributed by atoms with Gasteiger partial charge in [-0.2, -0.15) is 0 Å². The van der Waals surface area contributed by atoms with E-state index < -0.39 is 0 Å². The van der Waals surface area contributed by atoms with Gasteiger partial charge >= 0.3 is 0 Å². The first-order valence-electron chi connectivity index (χ1n) is 4.25. The van der Waals surface area contributed by atoms with Crippen molar-refractivity contribution in [1.82, 2.24) is 4.90 Å². The number of carbonyl (C=O) groups excluding carboxylic acids is 1. The quantitative estimate of drug-likeness (QED) is 0.518. The maximum atomic E-state index is 11.2. The minimum absolute atomic E-state index is 0.138. The van der Waals surface area contributed by atoms with Crippen LogP contribution >= 0.6 is 0 Å². The Bertz CT molecular complexity index is 324. The number of rotatable bonds is 0. The second kappa shape index (κ2) is 3.85. The maximum Gasteiger partial charge on any atom is 0.281 e. The molecule has 0 radical (unpaired) electrons. The number of amidine groups is 1. The molecule has 1 amide bonds. The van der Waals surface area contributed by atoms with Crippen molar-refractivity contribution in [3.63, 3.8) is 0 Å². The summed E-state index contributed by atoms with van der Waals surface area (Å²) in [5.74, 6) is 0.517. The van der Waals surface area contributed by atoms with Gasteiger partial charge in [0.25, 0.3) is 5.91 Å². The molecular formula is C10H12N2O. The number of hydrogen-bond donors (Lipinski definition) is 0. The Hall–Kier alpha value is -1.64. The summed E-state index contributed by atoms with van der Waals surface area (Å²) in [7, 11) is 0. The predicted molar refractivity (Wildman–Crippen MR) is 53.0 cm³/mol. The van der Waals surface area contributed by atoms with Gasteiger partial charge in [-0.05, 0) is 12.2 Å². The lowest BCUT2D eigenvalue weighted by atomic mass is 10.3. The van der Waals surface area contributed by atoms with E-state index in [0.29, 0.717) is 11.5 Å². The first-order valence-corrected chi connectivity index (χ1v) is 4.25. The van der Waals surface area contributed by atoms with Crippen molar-refractivity contribution in [2.45, 2.75) is 13.8 Å². The van der Waals surface area contributed by atoms with Crippen molar-refractivity contribution in [3.05, 3.63) is 36.7 Å². The summed E-state index contributed by atoms with van der Waals surface area (Å²) in [5, 5.41) is 0. The third kappa shape index (κ3) is 1.59. The van der Waals surface area contributed by atoms with E-state index in [2.05, 4.69) is 11.6 Å². The van der Waals surface area contributed by atoms with Crippen molar-refractivity contribution < 1.29 is 4.79 Å². The Balaban J connectivity index is 0.000000396. The highest BCUT2D eigenvalue weighted by molar-refractivity contribution is 6.17. The number of aliphatic imine (C=N–C) groups is 1. The zero-order chi connectivity index (χ0) is 9.84. The average molecular weight is 176 g/mol. The molecule has 0 unspecified atom stereocenters. The molecule has 2 aliphatic rings. The van der Waals surface area contributed by atoms with E-state index in [4.69, 9.17) is 0 Å². The zero-order valence-corrected chi connectivity index (χ0v) is 7.82. The number of hydrogen-bond acceptors (Lipinski definition) is 2. The molecule has 68 valence electrons. The Kier molecular flexibility index (Phi) is 2.80. The van der Waals surface area contributed by atoms with Gasteiger partial charge in [0.05, 0.1) is 0 Å². The van der Waals surface area contributed by atoms with Gasteiger partial charge in [0.15, 0.2) is 0 Å². The van der Waals surface area contributed by atoms with Crippen LogP contribution in [0.1, 0.15) is 13.8 Å². The van der Waals surface area contributed by atoms with Crippen molar-refractivity contribution in [2.75, 3.05) is 0 Å². The molecule has 0 saturated carbocycles. The zero-order valence-electron chi connectivity index (χ0n) is 7.82. The third-order valence-corrected chi connectivity index (χ3v) is 1.55. The van der Waals surface area contributed by atoms with E-state index in [1.807, 2.05) is 19.9 Å². The number of amides is 1. The fourth-order valence-electron chi connectivity index (χ4n) is 1.02. The molecule has 13 heavy (non-hydrogen) atoms. The fourth-order valence-corrected chi connectivity index (χ4v) is 1.02. The number of nitrogens with zero attached hydrogens (tertiary/aromatic N) is 2. The van der Waals surface area contributed by atoms with Crippen LogP contribution in [0.15, 0.2) is 41.7 Å². The average Bonchev–Trinajstić information content (AvgIpc) is 2.47. The van der Waals surface area contributed by atoms with Crippen LogP contribution < -0.4 is 0 Å². The van der Waals surface area contributed by atoms with Crippen LogP contribution in [0.25, 0.3) is 0 Å². The number of carbonyl (C=O) groups is 1. The number of allylic oxidation sites excluding steroid dienone is 2. The molecular weight excluding hydrogens is 164 g/mol. The highest BCUT2D eigenvalue weighted by Crippen LogP contribution is 2.16. The Morgan fingerprint density at radius 1 is 1.38 bits per heavy atom. The van der Waals surface area contributed by atoms with E-state index in [-0.39, 0.29) is 5.91 Å². The molecule has 0 atom stereocenters. The summed E-state index contributed by atoms with van der Waals surface area (Å²) in [6.45, 7) is 7.51. The summed E-state index contributed by atoms with van der Waals surface area (Å²) in [5.41, 5.74) is 0.302. The molecule has 0 aromatic carbocycles. The van der Waals surface area contributed by atoms with Gasteiger partial charge in [-0.1, -0.05) is 26.5 Å². The van der Waals surface area contributed by atoms with Crippen molar-refractivity contribution in [3.8, 4) is 0 Å². The molecule has 2 heterocycles. The fraction of sp³-hybridized carbons (Fsp3) is 0.200. The van der Waals surface area contributed by atoms with Crippen LogP contribution in [0.3, 0.4) is 0 Å². The van der Waals surface area contributed by atoms with Crippen LogP contribution in [0, 0.1) is 0 Å². The van der Waals surface area contributed by atoms with Crippen molar-refractivity contribution in [1.29, 1.82) is 0 Å². The highest BCUT2D eigenvalue weighted by atomic mass is 16.2. The largest absolute Gasteiger partial charge is 0.281 e. The summed E-state index contributed by atoms with van der Waals surface area (Å²) < 4.78 is 0. The summed E-state index contributed by atoms with van der Waals surface area (Å²) in [6.07, 6.45) is 7.08. The van der Waals surface area contributed by atoms with Crippen LogP contribution in [0.2, 0.25) is 0 Å². The molecule has 2 aliphatic heterocycles. The van der Waals surface area contributed by atoms with Gasteiger partial charge in [0, 0.05) is 6.20 Å². The van der Waals surface area contributed by atoms with Crippen LogP contribution in [-0.2, 0) is 4.79 Å². The van der Waals surface area contributed by atoms with Gasteiger partial charge in [-0.25, -0.2) is 4.99 Å². The van der Waals surface area contributed by atoms with Crippen LogP contribution in [0.5, 0.6) is 0 Å². The molecule has 0 aromatic heterocycles. The molecule has 0 aliphatic carbocycles. The standard InChI is InChI=1S/C8H6N2O.C2H6/c1-6-8(11)10-5-3-2-4-7(10)9-6;1-2/h2-5H,1H2;1-2H3. The van der Waals surface area contributed by atoms with Gasteiger partial charge in [0.1, 0.15) is 11.5 Å². The monoisotopic (exact) mass is 176 g/mol. The van der Waals surface area contributed by atoms with E-state index in [1.165, 1.54) is 4.90 Å². The maximum absolute atomic E-state index is 11.2. The lowest BCUT2D eigenvalue weighted by Crippen LogP contribution is -2.26. The molecule has 2 rings (SSSR count). The molecule has 0 aromatic rings. The Morgan fingerprint density at radius 2 is 2.08 bits per heavy atom. The second-order valence-electron chi connectivity index (χ2n) is 2.29. The van der Waals surface area contributed by atoms with Crippen molar-refractivity contribution in [2.24, 2.45) is 4.99 Å². The minimum Gasteiger partial charge on any atom is -0.266 e. The molecule has 3 nitrogen and oxygen atoms in total. The molecule has 0 saturated heterocycles. The lowest BCUT2D eigenvalue weighted by molar-refractivity contribution is -0.120. The van der Waals surface area contributed by atoms with Gasteiger partial charge < -0.3 is 0 Å². The molecule has 0 fully saturated rings. The number of fused-ring (bicyclic) bond motifs is 1. The van der Waals surface area contributed by atoms with Crippen LogP contribution in [0.4, 0.5) is 0 Å². The molecule has 0 spiro atoms. The first kappa shape index (κ1) is 9.45. The lowest BCUT2D eigenvalue weighted by Gasteiger charge is -2.11. The SMILES string of the molecule is C=C1N=C2C=CC=CN2C1=O.CC. The van der Waals surface area contributed by atoms with Gasteiger partial charge in [0.2, 0.25) is 0 Å². The third-order valence-electron chi connectivity index (χ3n) is 1.55. The minimum atomic E-state index is -0.138. The van der Waals surface area contributed by atoms with E-state index in [1.54, 1.807) is 18.4 Å².